The molecule has 0 bridgehead atoms. The van der Waals surface area contributed by atoms with Crippen molar-refractivity contribution in [1.29, 1.82) is 0 Å². The molecule has 3 rings (SSSR count). The van der Waals surface area contributed by atoms with E-state index in [0.717, 1.165) is 0 Å². The van der Waals surface area contributed by atoms with Crippen LogP contribution in [0.15, 0.2) is 36.4 Å². The normalized spacial score (nSPS) is 22.1. The summed E-state index contributed by atoms with van der Waals surface area (Å²) in [6.07, 6.45) is 5.03. The minimum absolute atomic E-state index is 0.0279. The van der Waals surface area contributed by atoms with Crippen molar-refractivity contribution in [2.75, 3.05) is 13.6 Å². The van der Waals surface area contributed by atoms with Gasteiger partial charge in [-0.3, -0.25) is 29.4 Å². The van der Waals surface area contributed by atoms with E-state index in [0.29, 0.717) is 18.4 Å². The molecular formula is C20H23N3O5. The molecule has 0 aromatic heterocycles. The number of benzene rings is 1. The molecule has 1 aliphatic carbocycles. The fourth-order valence-electron chi connectivity index (χ4n) is 3.81. The average Bonchev–Trinajstić information content (AvgIpc) is 2.95. The number of non-ortho nitro benzene ring substituents is 1. The summed E-state index contributed by atoms with van der Waals surface area (Å²) >= 11 is 0. The van der Waals surface area contributed by atoms with Crippen LogP contribution in [0.25, 0.3) is 0 Å². The fourth-order valence-corrected chi connectivity index (χ4v) is 3.81. The molecule has 1 heterocycles. The SMILES string of the molecule is C[C@H](c1cccc([N+](=O)[O-])c1)N(C)C(=O)CCN1C(=O)[C@H]2CC=CC[C@@H]2C1=O. The maximum absolute atomic E-state index is 12.6. The molecule has 0 saturated carbocycles. The Morgan fingerprint density at radius 2 is 1.86 bits per heavy atom. The van der Waals surface area contributed by atoms with Gasteiger partial charge < -0.3 is 4.90 Å². The van der Waals surface area contributed by atoms with Gasteiger partial charge in [-0.2, -0.15) is 0 Å². The van der Waals surface area contributed by atoms with Gasteiger partial charge in [0.05, 0.1) is 22.8 Å². The van der Waals surface area contributed by atoms with Crippen molar-refractivity contribution >= 4 is 23.4 Å². The number of fused-ring (bicyclic) bond motifs is 1. The molecule has 148 valence electrons. The molecule has 1 aromatic carbocycles. The third-order valence-electron chi connectivity index (χ3n) is 5.69. The number of imide groups is 1. The molecule has 8 nitrogen and oxygen atoms in total. The number of hydrogen-bond acceptors (Lipinski definition) is 5. The maximum Gasteiger partial charge on any atom is 0.269 e. The molecule has 0 N–H and O–H groups in total. The Kier molecular flexibility index (Phi) is 5.58. The molecule has 0 unspecified atom stereocenters. The Morgan fingerprint density at radius 3 is 2.43 bits per heavy atom. The summed E-state index contributed by atoms with van der Waals surface area (Å²) in [6.45, 7) is 1.85. The summed E-state index contributed by atoms with van der Waals surface area (Å²) in [5.41, 5.74) is 0.616. The van der Waals surface area contributed by atoms with Gasteiger partial charge in [0.1, 0.15) is 0 Å². The van der Waals surface area contributed by atoms with E-state index in [1.54, 1.807) is 26.1 Å². The second-order valence-electron chi connectivity index (χ2n) is 7.27. The first kappa shape index (κ1) is 19.7. The lowest BCUT2D eigenvalue weighted by Crippen LogP contribution is -2.36. The van der Waals surface area contributed by atoms with Crippen LogP contribution in [0.1, 0.15) is 37.8 Å². The Hall–Kier alpha value is -3.03. The number of likely N-dealkylation sites (tertiary alicyclic amines) is 1. The summed E-state index contributed by atoms with van der Waals surface area (Å²) in [6, 6.07) is 5.78. The second kappa shape index (κ2) is 7.92. The largest absolute Gasteiger partial charge is 0.339 e. The molecule has 2 aliphatic rings. The number of nitro benzene ring substituents is 1. The van der Waals surface area contributed by atoms with Crippen LogP contribution < -0.4 is 0 Å². The lowest BCUT2D eigenvalue weighted by atomic mass is 9.85. The first-order valence-electron chi connectivity index (χ1n) is 9.31. The third-order valence-corrected chi connectivity index (χ3v) is 5.69. The third kappa shape index (κ3) is 3.67. The highest BCUT2D eigenvalue weighted by Gasteiger charge is 2.47. The summed E-state index contributed by atoms with van der Waals surface area (Å²) in [7, 11) is 1.61. The van der Waals surface area contributed by atoms with Gasteiger partial charge in [-0.15, -0.1) is 0 Å². The Balaban J connectivity index is 1.61. The van der Waals surface area contributed by atoms with E-state index in [-0.39, 0.29) is 54.3 Å². The van der Waals surface area contributed by atoms with Gasteiger partial charge in [0.15, 0.2) is 0 Å². The van der Waals surface area contributed by atoms with E-state index in [9.17, 15) is 24.5 Å². The highest BCUT2D eigenvalue weighted by Crippen LogP contribution is 2.35. The molecule has 8 heteroatoms. The van der Waals surface area contributed by atoms with Gasteiger partial charge in [0.25, 0.3) is 5.69 Å². The first-order chi connectivity index (χ1) is 13.3. The predicted octanol–water partition coefficient (Wildman–Crippen LogP) is 2.46. The predicted molar refractivity (Wildman–Crippen MR) is 101 cm³/mol. The Bertz CT molecular complexity index is 824. The molecule has 1 aromatic rings. The summed E-state index contributed by atoms with van der Waals surface area (Å²) in [5.74, 6) is -1.21. The fraction of sp³-hybridized carbons (Fsp3) is 0.450. The molecule has 0 spiro atoms. The smallest absolute Gasteiger partial charge is 0.269 e. The number of carbonyl (C=O) groups is 3. The van der Waals surface area contributed by atoms with Gasteiger partial charge >= 0.3 is 0 Å². The number of hydrogen-bond donors (Lipinski definition) is 0. The zero-order chi connectivity index (χ0) is 20.4. The van der Waals surface area contributed by atoms with Gasteiger partial charge in [-0.1, -0.05) is 24.3 Å². The van der Waals surface area contributed by atoms with Crippen molar-refractivity contribution < 1.29 is 19.3 Å². The van der Waals surface area contributed by atoms with Crippen molar-refractivity contribution in [1.82, 2.24) is 9.80 Å². The summed E-state index contributed by atoms with van der Waals surface area (Å²) in [5, 5.41) is 10.9. The molecule has 3 atom stereocenters. The van der Waals surface area contributed by atoms with Crippen LogP contribution in [-0.4, -0.2) is 46.0 Å². The minimum Gasteiger partial charge on any atom is -0.339 e. The zero-order valence-electron chi connectivity index (χ0n) is 15.9. The number of carbonyl (C=O) groups excluding carboxylic acids is 3. The van der Waals surface area contributed by atoms with Crippen molar-refractivity contribution in [2.24, 2.45) is 11.8 Å². The first-order valence-corrected chi connectivity index (χ1v) is 9.31. The van der Waals surface area contributed by atoms with Crippen LogP contribution in [0.2, 0.25) is 0 Å². The highest BCUT2D eigenvalue weighted by molar-refractivity contribution is 6.05. The molecule has 1 aliphatic heterocycles. The lowest BCUT2D eigenvalue weighted by Gasteiger charge is -2.26. The number of allylic oxidation sites excluding steroid dienone is 2. The summed E-state index contributed by atoms with van der Waals surface area (Å²) < 4.78 is 0. The van der Waals surface area contributed by atoms with Gasteiger partial charge in [-0.25, -0.2) is 0 Å². The lowest BCUT2D eigenvalue weighted by molar-refractivity contribution is -0.384. The average molecular weight is 385 g/mol. The van der Waals surface area contributed by atoms with E-state index in [1.165, 1.54) is 21.9 Å². The van der Waals surface area contributed by atoms with E-state index in [1.807, 2.05) is 12.2 Å². The highest BCUT2D eigenvalue weighted by atomic mass is 16.6. The van der Waals surface area contributed by atoms with Crippen molar-refractivity contribution in [3.05, 3.63) is 52.1 Å². The molecular weight excluding hydrogens is 362 g/mol. The van der Waals surface area contributed by atoms with Crippen LogP contribution in [0, 0.1) is 22.0 Å². The molecule has 1 saturated heterocycles. The molecule has 1 fully saturated rings. The Labute approximate surface area is 162 Å². The van der Waals surface area contributed by atoms with E-state index in [2.05, 4.69) is 0 Å². The molecule has 3 amide bonds. The number of amides is 3. The quantitative estimate of drug-likeness (QED) is 0.324. The summed E-state index contributed by atoms with van der Waals surface area (Å²) in [4.78, 5) is 50.7. The topological polar surface area (TPSA) is 101 Å². The van der Waals surface area contributed by atoms with Gasteiger partial charge in [-0.05, 0) is 25.3 Å². The van der Waals surface area contributed by atoms with Crippen LogP contribution in [-0.2, 0) is 14.4 Å². The monoisotopic (exact) mass is 385 g/mol. The van der Waals surface area contributed by atoms with Crippen molar-refractivity contribution in [3.8, 4) is 0 Å². The number of rotatable bonds is 6. The number of nitro groups is 1. The van der Waals surface area contributed by atoms with Crippen LogP contribution >= 0.6 is 0 Å². The van der Waals surface area contributed by atoms with E-state index in [4.69, 9.17) is 0 Å². The standard InChI is InChI=1S/C20H23N3O5/c1-13(14-6-5-7-15(12-14)23(27)28)21(2)18(24)10-11-22-19(25)16-8-3-4-9-17(16)20(22)26/h3-7,12-13,16-17H,8-11H2,1-2H3/t13-,16+,17+/m1/s1. The van der Waals surface area contributed by atoms with Crippen LogP contribution in [0.3, 0.4) is 0 Å². The van der Waals surface area contributed by atoms with Crippen molar-refractivity contribution in [3.63, 3.8) is 0 Å². The van der Waals surface area contributed by atoms with Crippen LogP contribution in [0.4, 0.5) is 5.69 Å². The molecule has 28 heavy (non-hydrogen) atoms. The van der Waals surface area contributed by atoms with E-state index >= 15 is 0 Å². The van der Waals surface area contributed by atoms with Gasteiger partial charge in [0, 0.05) is 32.1 Å². The second-order valence-corrected chi connectivity index (χ2v) is 7.27. The van der Waals surface area contributed by atoms with E-state index < -0.39 is 4.92 Å². The zero-order valence-corrected chi connectivity index (χ0v) is 15.9. The van der Waals surface area contributed by atoms with Crippen LogP contribution in [0.5, 0.6) is 0 Å². The van der Waals surface area contributed by atoms with Gasteiger partial charge in [0.2, 0.25) is 17.7 Å². The van der Waals surface area contributed by atoms with Crippen molar-refractivity contribution in [2.45, 2.75) is 32.2 Å². The maximum atomic E-state index is 12.6. The number of nitrogens with zero attached hydrogens (tertiary/aromatic N) is 3. The minimum atomic E-state index is -0.475. The molecule has 0 radical (unpaired) electrons. The Morgan fingerprint density at radius 1 is 1.25 bits per heavy atom.